The molecule has 0 radical (unpaired) electrons. The largest absolute Gasteiger partial charge is 0.394 e. The topological polar surface area (TPSA) is 78.9 Å². The maximum atomic E-state index is 8.73. The van der Waals surface area contributed by atoms with Crippen LogP contribution in [0.4, 0.5) is 0 Å². The summed E-state index contributed by atoms with van der Waals surface area (Å²) in [5.41, 5.74) is 0. The summed E-state index contributed by atoms with van der Waals surface area (Å²) in [4.78, 5) is 2.23. The van der Waals surface area contributed by atoms with Crippen molar-refractivity contribution in [2.45, 2.75) is 0 Å². The van der Waals surface area contributed by atoms with Crippen molar-refractivity contribution < 1.29 is 33.5 Å². The van der Waals surface area contributed by atoms with E-state index >= 15 is 0 Å². The fourth-order valence-corrected chi connectivity index (χ4v) is 2.06. The lowest BCUT2D eigenvalue weighted by Crippen LogP contribution is -2.34. The average molecular weight is 351 g/mol. The summed E-state index contributed by atoms with van der Waals surface area (Å²) >= 11 is 0. The Hall–Kier alpha value is -0.320. The van der Waals surface area contributed by atoms with Gasteiger partial charge >= 0.3 is 0 Å². The molecule has 1 fully saturated rings. The zero-order chi connectivity index (χ0) is 17.1. The standard InChI is InChI=1S/C16H33NO7/c18-4-8-19-5-1-17-2-6-20-9-11-22-13-15-24-16-14-23-12-10-21-7-3-17/h18H,1-16H2. The summed E-state index contributed by atoms with van der Waals surface area (Å²) in [5, 5.41) is 8.73. The van der Waals surface area contributed by atoms with E-state index in [0.717, 1.165) is 19.6 Å². The van der Waals surface area contributed by atoms with Crippen molar-refractivity contribution in [3.63, 3.8) is 0 Å². The fraction of sp³-hybridized carbons (Fsp3) is 1.00. The van der Waals surface area contributed by atoms with Gasteiger partial charge in [-0.1, -0.05) is 0 Å². The van der Waals surface area contributed by atoms with Gasteiger partial charge in [0.1, 0.15) is 0 Å². The maximum absolute atomic E-state index is 8.73. The van der Waals surface area contributed by atoms with Gasteiger partial charge in [-0.3, -0.25) is 4.90 Å². The van der Waals surface area contributed by atoms with Crippen LogP contribution in [0, 0.1) is 0 Å². The molecular weight excluding hydrogens is 318 g/mol. The average Bonchev–Trinajstić information content (AvgIpc) is 2.59. The van der Waals surface area contributed by atoms with Crippen molar-refractivity contribution in [1.29, 1.82) is 0 Å². The predicted molar refractivity (Wildman–Crippen MR) is 88.4 cm³/mol. The summed E-state index contributed by atoms with van der Waals surface area (Å²) in [6.07, 6.45) is 0. The first kappa shape index (κ1) is 21.7. The number of ether oxygens (including phenoxy) is 6. The molecular formula is C16H33NO7. The highest BCUT2D eigenvalue weighted by molar-refractivity contribution is 4.57. The van der Waals surface area contributed by atoms with Crippen LogP contribution >= 0.6 is 0 Å². The third kappa shape index (κ3) is 14.1. The number of aliphatic hydroxyl groups excluding tert-OH is 1. The molecule has 0 bridgehead atoms. The third-order valence-electron chi connectivity index (χ3n) is 3.38. The van der Waals surface area contributed by atoms with E-state index in [9.17, 15) is 0 Å². The number of rotatable bonds is 5. The Bertz CT molecular complexity index is 241. The third-order valence-corrected chi connectivity index (χ3v) is 3.38. The highest BCUT2D eigenvalue weighted by atomic mass is 16.6. The molecule has 1 rings (SSSR count). The van der Waals surface area contributed by atoms with Crippen LogP contribution in [0.15, 0.2) is 0 Å². The molecule has 1 heterocycles. The molecule has 0 spiro atoms. The molecule has 0 amide bonds. The second-order valence-corrected chi connectivity index (χ2v) is 5.24. The van der Waals surface area contributed by atoms with Crippen molar-refractivity contribution in [2.24, 2.45) is 0 Å². The van der Waals surface area contributed by atoms with Gasteiger partial charge in [-0.05, 0) is 0 Å². The lowest BCUT2D eigenvalue weighted by atomic mass is 10.4. The molecule has 0 aromatic carbocycles. The molecule has 1 N–H and O–H groups in total. The van der Waals surface area contributed by atoms with Gasteiger partial charge in [0.05, 0.1) is 85.9 Å². The maximum Gasteiger partial charge on any atom is 0.0701 e. The minimum Gasteiger partial charge on any atom is -0.394 e. The Morgan fingerprint density at radius 1 is 0.625 bits per heavy atom. The van der Waals surface area contributed by atoms with Crippen molar-refractivity contribution in [2.75, 3.05) is 106 Å². The van der Waals surface area contributed by atoms with E-state index in [2.05, 4.69) is 4.90 Å². The SMILES string of the molecule is OCCOCCN1CCOCCOCCOCCOCCOCC1. The summed E-state index contributed by atoms with van der Waals surface area (Å²) in [5.74, 6) is 0. The first-order valence-corrected chi connectivity index (χ1v) is 8.73. The number of nitrogens with zero attached hydrogens (tertiary/aromatic N) is 1. The highest BCUT2D eigenvalue weighted by Crippen LogP contribution is 1.92. The molecule has 24 heavy (non-hydrogen) atoms. The van der Waals surface area contributed by atoms with E-state index in [1.807, 2.05) is 0 Å². The van der Waals surface area contributed by atoms with Gasteiger partial charge in [-0.25, -0.2) is 0 Å². The van der Waals surface area contributed by atoms with E-state index in [-0.39, 0.29) is 6.61 Å². The van der Waals surface area contributed by atoms with Crippen LogP contribution < -0.4 is 0 Å². The first-order valence-electron chi connectivity index (χ1n) is 8.73. The summed E-state index contributed by atoms with van der Waals surface area (Å²) < 4.78 is 32.7. The minimum atomic E-state index is 0.0528. The molecule has 0 aromatic rings. The van der Waals surface area contributed by atoms with Gasteiger partial charge in [-0.15, -0.1) is 0 Å². The Kier molecular flexibility index (Phi) is 15.8. The van der Waals surface area contributed by atoms with E-state index in [4.69, 9.17) is 33.5 Å². The van der Waals surface area contributed by atoms with Crippen LogP contribution in [0.2, 0.25) is 0 Å². The first-order chi connectivity index (χ1) is 11.9. The van der Waals surface area contributed by atoms with Crippen LogP contribution in [-0.4, -0.2) is 116 Å². The van der Waals surface area contributed by atoms with Crippen LogP contribution in [0.3, 0.4) is 0 Å². The summed E-state index contributed by atoms with van der Waals surface area (Å²) in [7, 11) is 0. The van der Waals surface area contributed by atoms with Crippen LogP contribution in [0.25, 0.3) is 0 Å². The Morgan fingerprint density at radius 3 is 1.46 bits per heavy atom. The normalized spacial score (nSPS) is 21.9. The molecule has 0 atom stereocenters. The van der Waals surface area contributed by atoms with E-state index < -0.39 is 0 Å². The molecule has 1 aliphatic heterocycles. The number of hydrogen-bond donors (Lipinski definition) is 1. The molecule has 1 aliphatic rings. The molecule has 0 unspecified atom stereocenters. The second-order valence-electron chi connectivity index (χ2n) is 5.24. The van der Waals surface area contributed by atoms with Crippen molar-refractivity contribution in [3.05, 3.63) is 0 Å². The van der Waals surface area contributed by atoms with Crippen molar-refractivity contribution in [3.8, 4) is 0 Å². The van der Waals surface area contributed by atoms with Crippen LogP contribution in [-0.2, 0) is 28.4 Å². The van der Waals surface area contributed by atoms with Gasteiger partial charge in [-0.2, -0.15) is 0 Å². The quantitative estimate of drug-likeness (QED) is 0.658. The molecule has 8 heteroatoms. The monoisotopic (exact) mass is 351 g/mol. The second kappa shape index (κ2) is 17.5. The fourth-order valence-electron chi connectivity index (χ4n) is 2.06. The van der Waals surface area contributed by atoms with Gasteiger partial charge in [0.25, 0.3) is 0 Å². The van der Waals surface area contributed by atoms with E-state index in [0.29, 0.717) is 79.3 Å². The molecule has 1 saturated heterocycles. The molecule has 0 aliphatic carbocycles. The van der Waals surface area contributed by atoms with E-state index in [1.165, 1.54) is 0 Å². The lowest BCUT2D eigenvalue weighted by Gasteiger charge is -2.22. The smallest absolute Gasteiger partial charge is 0.0701 e. The summed E-state index contributed by atoms with van der Waals surface area (Å²) in [6.45, 7) is 9.29. The Balaban J connectivity index is 2.21. The lowest BCUT2D eigenvalue weighted by molar-refractivity contribution is -0.0203. The Morgan fingerprint density at radius 2 is 1.04 bits per heavy atom. The van der Waals surface area contributed by atoms with E-state index in [1.54, 1.807) is 0 Å². The number of hydrogen-bond acceptors (Lipinski definition) is 8. The molecule has 0 saturated carbocycles. The highest BCUT2D eigenvalue weighted by Gasteiger charge is 2.05. The zero-order valence-corrected chi connectivity index (χ0v) is 14.7. The predicted octanol–water partition coefficient (Wildman–Crippen LogP) is -0.606. The van der Waals surface area contributed by atoms with Crippen LogP contribution in [0.1, 0.15) is 0 Å². The molecule has 0 aromatic heterocycles. The van der Waals surface area contributed by atoms with Crippen LogP contribution in [0.5, 0.6) is 0 Å². The Labute approximate surface area is 144 Å². The van der Waals surface area contributed by atoms with Crippen molar-refractivity contribution in [1.82, 2.24) is 4.90 Å². The number of aliphatic hydroxyl groups is 1. The van der Waals surface area contributed by atoms with Crippen molar-refractivity contribution >= 4 is 0 Å². The van der Waals surface area contributed by atoms with Gasteiger partial charge in [0.2, 0.25) is 0 Å². The molecule has 144 valence electrons. The van der Waals surface area contributed by atoms with Gasteiger partial charge in [0.15, 0.2) is 0 Å². The minimum absolute atomic E-state index is 0.0528. The van der Waals surface area contributed by atoms with Gasteiger partial charge < -0.3 is 33.5 Å². The molecule has 8 nitrogen and oxygen atoms in total. The zero-order valence-electron chi connectivity index (χ0n) is 14.7. The summed E-state index contributed by atoms with van der Waals surface area (Å²) in [6, 6.07) is 0. The van der Waals surface area contributed by atoms with Gasteiger partial charge in [0, 0.05) is 19.6 Å².